The minimum atomic E-state index is 0.511. The summed E-state index contributed by atoms with van der Waals surface area (Å²) >= 11 is 1.51. The van der Waals surface area contributed by atoms with E-state index < -0.39 is 0 Å². The lowest BCUT2D eigenvalue weighted by molar-refractivity contribution is 0.112. The molecule has 0 saturated heterocycles. The SMILES string of the molecule is CCOc1cc(C=O)ccc1OCCCSc1nnc(Cc2ccccc2)o1. The average molecular weight is 398 g/mol. The van der Waals surface area contributed by atoms with Crippen LogP contribution in [0.15, 0.2) is 58.2 Å². The van der Waals surface area contributed by atoms with Gasteiger partial charge in [0.25, 0.3) is 5.22 Å². The number of aromatic nitrogens is 2. The van der Waals surface area contributed by atoms with Crippen molar-refractivity contribution in [1.82, 2.24) is 10.2 Å². The highest BCUT2D eigenvalue weighted by Gasteiger charge is 2.09. The number of benzene rings is 2. The molecule has 0 fully saturated rings. The summed E-state index contributed by atoms with van der Waals surface area (Å²) < 4.78 is 17.0. The van der Waals surface area contributed by atoms with Crippen molar-refractivity contribution in [3.8, 4) is 11.5 Å². The molecule has 3 aromatic rings. The van der Waals surface area contributed by atoms with E-state index in [-0.39, 0.29) is 0 Å². The van der Waals surface area contributed by atoms with E-state index in [9.17, 15) is 4.79 Å². The fourth-order valence-electron chi connectivity index (χ4n) is 2.52. The topological polar surface area (TPSA) is 74.5 Å². The molecule has 0 spiro atoms. The summed E-state index contributed by atoms with van der Waals surface area (Å²) in [6.07, 6.45) is 2.23. The molecule has 0 radical (unpaired) electrons. The molecule has 28 heavy (non-hydrogen) atoms. The quantitative estimate of drug-likeness (QED) is 0.269. The number of hydrogen-bond donors (Lipinski definition) is 0. The monoisotopic (exact) mass is 398 g/mol. The number of aldehydes is 1. The van der Waals surface area contributed by atoms with Gasteiger partial charge in [-0.3, -0.25) is 4.79 Å². The fraction of sp³-hybridized carbons (Fsp3) is 0.286. The molecular formula is C21H22N2O4S. The van der Waals surface area contributed by atoms with Gasteiger partial charge in [0.2, 0.25) is 5.89 Å². The Morgan fingerprint density at radius 3 is 2.71 bits per heavy atom. The lowest BCUT2D eigenvalue weighted by atomic mass is 10.2. The van der Waals surface area contributed by atoms with Crippen LogP contribution in [0.4, 0.5) is 0 Å². The highest BCUT2D eigenvalue weighted by molar-refractivity contribution is 7.99. The van der Waals surface area contributed by atoms with Crippen LogP contribution in [-0.4, -0.2) is 35.5 Å². The Labute approximate surface area is 168 Å². The van der Waals surface area contributed by atoms with E-state index in [0.29, 0.717) is 47.8 Å². The largest absolute Gasteiger partial charge is 0.490 e. The van der Waals surface area contributed by atoms with Crippen molar-refractivity contribution < 1.29 is 18.7 Å². The van der Waals surface area contributed by atoms with Crippen molar-refractivity contribution >= 4 is 18.0 Å². The lowest BCUT2D eigenvalue weighted by Crippen LogP contribution is -2.02. The Hall–Kier alpha value is -2.80. The maximum atomic E-state index is 10.9. The Morgan fingerprint density at radius 2 is 1.93 bits per heavy atom. The molecule has 0 saturated carbocycles. The van der Waals surface area contributed by atoms with Gasteiger partial charge in [-0.2, -0.15) is 0 Å². The third-order valence-corrected chi connectivity index (χ3v) is 4.73. The van der Waals surface area contributed by atoms with Crippen molar-refractivity contribution in [2.75, 3.05) is 19.0 Å². The number of thioether (sulfide) groups is 1. The number of carbonyl (C=O) groups excluding carboxylic acids is 1. The molecule has 0 aliphatic carbocycles. The highest BCUT2D eigenvalue weighted by atomic mass is 32.2. The van der Waals surface area contributed by atoms with Gasteiger partial charge < -0.3 is 13.9 Å². The van der Waals surface area contributed by atoms with Crippen molar-refractivity contribution in [1.29, 1.82) is 0 Å². The smallest absolute Gasteiger partial charge is 0.276 e. The molecule has 0 atom stereocenters. The van der Waals surface area contributed by atoms with Gasteiger partial charge in [0.05, 0.1) is 19.6 Å². The van der Waals surface area contributed by atoms with E-state index in [1.165, 1.54) is 11.8 Å². The molecule has 3 rings (SSSR count). The van der Waals surface area contributed by atoms with Gasteiger partial charge in [0.1, 0.15) is 6.29 Å². The molecule has 0 aliphatic heterocycles. The first-order chi connectivity index (χ1) is 13.8. The second kappa shape index (κ2) is 10.5. The Bertz CT molecular complexity index is 883. The fourth-order valence-corrected chi connectivity index (χ4v) is 3.21. The maximum absolute atomic E-state index is 10.9. The van der Waals surface area contributed by atoms with Crippen LogP contribution in [0.2, 0.25) is 0 Å². The Balaban J connectivity index is 1.42. The van der Waals surface area contributed by atoms with Crippen LogP contribution in [0.3, 0.4) is 0 Å². The van der Waals surface area contributed by atoms with Crippen molar-refractivity contribution in [2.45, 2.75) is 25.0 Å². The minimum Gasteiger partial charge on any atom is -0.490 e. The predicted molar refractivity (Wildman–Crippen MR) is 107 cm³/mol. The first kappa shape index (κ1) is 19.9. The molecule has 0 N–H and O–H groups in total. The molecule has 6 nitrogen and oxygen atoms in total. The third-order valence-electron chi connectivity index (χ3n) is 3.82. The predicted octanol–water partition coefficient (Wildman–Crippen LogP) is 4.43. The standard InChI is InChI=1S/C21H22N2O4S/c1-2-25-19-13-17(15-24)9-10-18(19)26-11-6-12-28-21-23-22-20(27-21)14-16-7-4-3-5-8-16/h3-5,7-10,13,15H,2,6,11-12,14H2,1H3. The summed E-state index contributed by atoms with van der Waals surface area (Å²) in [4.78, 5) is 10.9. The van der Waals surface area contributed by atoms with Crippen LogP contribution in [0.25, 0.3) is 0 Å². The highest BCUT2D eigenvalue weighted by Crippen LogP contribution is 2.28. The van der Waals surface area contributed by atoms with Crippen LogP contribution in [-0.2, 0) is 6.42 Å². The van der Waals surface area contributed by atoms with E-state index in [0.717, 1.165) is 24.0 Å². The molecule has 1 aromatic heterocycles. The van der Waals surface area contributed by atoms with Crippen LogP contribution in [0.1, 0.15) is 35.2 Å². The summed E-state index contributed by atoms with van der Waals surface area (Å²) in [6, 6.07) is 15.2. The van der Waals surface area contributed by atoms with Gasteiger partial charge in [-0.1, -0.05) is 42.1 Å². The number of carbonyl (C=O) groups is 1. The third kappa shape index (κ3) is 5.85. The summed E-state index contributed by atoms with van der Waals surface area (Å²) in [5.41, 5.74) is 1.70. The van der Waals surface area contributed by atoms with E-state index in [1.54, 1.807) is 18.2 Å². The molecule has 2 aromatic carbocycles. The maximum Gasteiger partial charge on any atom is 0.276 e. The molecule has 0 amide bonds. The zero-order valence-corrected chi connectivity index (χ0v) is 16.5. The summed E-state index contributed by atoms with van der Waals surface area (Å²) in [6.45, 7) is 2.93. The minimum absolute atomic E-state index is 0.511. The second-order valence-corrected chi connectivity index (χ2v) is 6.98. The van der Waals surface area contributed by atoms with Crippen LogP contribution >= 0.6 is 11.8 Å². The Morgan fingerprint density at radius 1 is 1.07 bits per heavy atom. The Kier molecular flexibility index (Phi) is 7.49. The number of rotatable bonds is 11. The van der Waals surface area contributed by atoms with E-state index in [1.807, 2.05) is 37.3 Å². The van der Waals surface area contributed by atoms with Crippen LogP contribution in [0, 0.1) is 0 Å². The van der Waals surface area contributed by atoms with E-state index >= 15 is 0 Å². The number of hydrogen-bond acceptors (Lipinski definition) is 7. The summed E-state index contributed by atoms with van der Waals surface area (Å²) in [5.74, 6) is 2.63. The van der Waals surface area contributed by atoms with Crippen LogP contribution in [0.5, 0.6) is 11.5 Å². The first-order valence-corrected chi connectivity index (χ1v) is 10.1. The zero-order chi connectivity index (χ0) is 19.6. The molecule has 146 valence electrons. The second-order valence-electron chi connectivity index (χ2n) is 5.93. The van der Waals surface area contributed by atoms with Crippen molar-refractivity contribution in [3.63, 3.8) is 0 Å². The van der Waals surface area contributed by atoms with Gasteiger partial charge in [-0.25, -0.2) is 0 Å². The molecule has 0 bridgehead atoms. The van der Waals surface area contributed by atoms with E-state index in [2.05, 4.69) is 10.2 Å². The van der Waals surface area contributed by atoms with Gasteiger partial charge in [0, 0.05) is 11.3 Å². The summed E-state index contributed by atoms with van der Waals surface area (Å²) in [5, 5.41) is 8.74. The molecule has 1 heterocycles. The normalized spacial score (nSPS) is 10.6. The van der Waals surface area contributed by atoms with Gasteiger partial charge in [0.15, 0.2) is 11.5 Å². The molecule has 0 unspecified atom stereocenters. The van der Waals surface area contributed by atoms with Gasteiger partial charge in [-0.05, 0) is 37.1 Å². The zero-order valence-electron chi connectivity index (χ0n) is 15.7. The summed E-state index contributed by atoms with van der Waals surface area (Å²) in [7, 11) is 0. The molecule has 0 aliphatic rings. The number of ether oxygens (including phenoxy) is 2. The van der Waals surface area contributed by atoms with Crippen LogP contribution < -0.4 is 9.47 Å². The van der Waals surface area contributed by atoms with Crippen molar-refractivity contribution in [3.05, 3.63) is 65.5 Å². The average Bonchev–Trinajstić information content (AvgIpc) is 3.16. The lowest BCUT2D eigenvalue weighted by Gasteiger charge is -2.12. The first-order valence-electron chi connectivity index (χ1n) is 9.12. The molecule has 7 heteroatoms. The molecular weight excluding hydrogens is 376 g/mol. The van der Waals surface area contributed by atoms with Gasteiger partial charge in [-0.15, -0.1) is 10.2 Å². The van der Waals surface area contributed by atoms with Gasteiger partial charge >= 0.3 is 0 Å². The number of nitrogens with zero attached hydrogens (tertiary/aromatic N) is 2. The van der Waals surface area contributed by atoms with E-state index in [4.69, 9.17) is 13.9 Å². The van der Waals surface area contributed by atoms with Crippen molar-refractivity contribution in [2.24, 2.45) is 0 Å².